The van der Waals surface area contributed by atoms with E-state index in [9.17, 15) is 0 Å². The number of nitrogens with zero attached hydrogens (tertiary/aromatic N) is 1. The van der Waals surface area contributed by atoms with Gasteiger partial charge in [0.2, 0.25) is 0 Å². The van der Waals surface area contributed by atoms with Crippen molar-refractivity contribution < 1.29 is 4.42 Å². The van der Waals surface area contributed by atoms with Gasteiger partial charge in [-0.1, -0.05) is 0 Å². The fourth-order valence-electron chi connectivity index (χ4n) is 1.69. The van der Waals surface area contributed by atoms with Crippen molar-refractivity contribution in [3.05, 3.63) is 36.7 Å². The standard InChI is InChI=1S/C11H8N2O/c12-8-3-5-13-9-2-1-7-4-6-14-11(7)10(8)9/h1-6H,(H2,12,13). The summed E-state index contributed by atoms with van der Waals surface area (Å²) in [5.74, 6) is 0. The minimum absolute atomic E-state index is 0.704. The predicted octanol–water partition coefficient (Wildman–Crippen LogP) is 2.56. The first kappa shape index (κ1) is 7.38. The summed E-state index contributed by atoms with van der Waals surface area (Å²) in [7, 11) is 0. The lowest BCUT2D eigenvalue weighted by atomic mass is 10.1. The van der Waals surface area contributed by atoms with Gasteiger partial charge in [0.25, 0.3) is 0 Å². The van der Waals surface area contributed by atoms with Crippen molar-refractivity contribution >= 4 is 27.6 Å². The van der Waals surface area contributed by atoms with Crippen molar-refractivity contribution in [1.82, 2.24) is 4.98 Å². The largest absolute Gasteiger partial charge is 0.464 e. The average Bonchev–Trinajstić information content (AvgIpc) is 2.65. The molecule has 0 unspecified atom stereocenters. The molecule has 0 aliphatic rings. The van der Waals surface area contributed by atoms with Crippen LogP contribution in [0.1, 0.15) is 0 Å². The lowest BCUT2D eigenvalue weighted by Crippen LogP contribution is -1.88. The monoisotopic (exact) mass is 184 g/mol. The Morgan fingerprint density at radius 1 is 1.14 bits per heavy atom. The third-order valence-corrected chi connectivity index (χ3v) is 2.36. The quantitative estimate of drug-likeness (QED) is 0.584. The van der Waals surface area contributed by atoms with Gasteiger partial charge in [-0.05, 0) is 24.3 Å². The molecule has 0 saturated heterocycles. The summed E-state index contributed by atoms with van der Waals surface area (Å²) in [5, 5.41) is 1.95. The maximum absolute atomic E-state index is 5.88. The molecule has 0 amide bonds. The molecule has 68 valence electrons. The number of rotatable bonds is 0. The van der Waals surface area contributed by atoms with Crippen LogP contribution in [0.4, 0.5) is 5.69 Å². The Labute approximate surface area is 80.1 Å². The fraction of sp³-hybridized carbons (Fsp3) is 0. The van der Waals surface area contributed by atoms with Crippen LogP contribution in [0.5, 0.6) is 0 Å². The molecular formula is C11H8N2O. The summed E-state index contributed by atoms with van der Waals surface area (Å²) in [6.45, 7) is 0. The smallest absolute Gasteiger partial charge is 0.145 e. The first-order chi connectivity index (χ1) is 6.86. The number of aromatic nitrogens is 1. The lowest BCUT2D eigenvalue weighted by molar-refractivity contribution is 0.619. The normalized spacial score (nSPS) is 11.1. The SMILES string of the molecule is Nc1ccnc2ccc3ccoc3c12. The number of hydrogen-bond donors (Lipinski definition) is 1. The van der Waals surface area contributed by atoms with Crippen LogP contribution in [0.3, 0.4) is 0 Å². The molecule has 0 spiro atoms. The number of nitrogens with two attached hydrogens (primary N) is 1. The Morgan fingerprint density at radius 2 is 2.07 bits per heavy atom. The van der Waals surface area contributed by atoms with Gasteiger partial charge in [0.05, 0.1) is 17.2 Å². The third kappa shape index (κ3) is 0.836. The van der Waals surface area contributed by atoms with E-state index in [1.54, 1.807) is 18.5 Å². The molecule has 3 heteroatoms. The molecular weight excluding hydrogens is 176 g/mol. The van der Waals surface area contributed by atoms with Gasteiger partial charge in [0.15, 0.2) is 0 Å². The number of furan rings is 1. The Bertz CT molecular complexity index is 613. The molecule has 0 bridgehead atoms. The van der Waals surface area contributed by atoms with Crippen LogP contribution in [0.2, 0.25) is 0 Å². The van der Waals surface area contributed by atoms with Gasteiger partial charge in [-0.25, -0.2) is 0 Å². The van der Waals surface area contributed by atoms with E-state index in [1.807, 2.05) is 18.2 Å². The van der Waals surface area contributed by atoms with Crippen LogP contribution in [0.25, 0.3) is 21.9 Å². The summed E-state index contributed by atoms with van der Waals surface area (Å²) in [4.78, 5) is 4.23. The molecule has 2 aromatic heterocycles. The van der Waals surface area contributed by atoms with Gasteiger partial charge in [-0.3, -0.25) is 4.98 Å². The van der Waals surface area contributed by atoms with E-state index in [-0.39, 0.29) is 0 Å². The zero-order valence-electron chi connectivity index (χ0n) is 7.40. The van der Waals surface area contributed by atoms with Crippen molar-refractivity contribution in [2.45, 2.75) is 0 Å². The van der Waals surface area contributed by atoms with E-state index >= 15 is 0 Å². The highest BCUT2D eigenvalue weighted by molar-refractivity contribution is 6.08. The van der Waals surface area contributed by atoms with Crippen molar-refractivity contribution in [2.24, 2.45) is 0 Å². The van der Waals surface area contributed by atoms with Gasteiger partial charge in [-0.15, -0.1) is 0 Å². The van der Waals surface area contributed by atoms with Crippen LogP contribution < -0.4 is 5.73 Å². The average molecular weight is 184 g/mol. The summed E-state index contributed by atoms with van der Waals surface area (Å²) >= 11 is 0. The minimum atomic E-state index is 0.704. The Hall–Kier alpha value is -2.03. The lowest BCUT2D eigenvalue weighted by Gasteiger charge is -2.00. The van der Waals surface area contributed by atoms with Gasteiger partial charge in [0, 0.05) is 17.3 Å². The van der Waals surface area contributed by atoms with E-state index in [2.05, 4.69) is 4.98 Å². The van der Waals surface area contributed by atoms with Crippen molar-refractivity contribution in [2.75, 3.05) is 5.73 Å². The van der Waals surface area contributed by atoms with Gasteiger partial charge in [0.1, 0.15) is 5.58 Å². The number of anilines is 1. The van der Waals surface area contributed by atoms with Crippen LogP contribution in [0.15, 0.2) is 41.1 Å². The number of fused-ring (bicyclic) bond motifs is 3. The van der Waals surface area contributed by atoms with Crippen molar-refractivity contribution in [3.63, 3.8) is 0 Å². The van der Waals surface area contributed by atoms with Gasteiger partial charge >= 0.3 is 0 Å². The molecule has 3 rings (SSSR count). The van der Waals surface area contributed by atoms with E-state index < -0.39 is 0 Å². The second kappa shape index (κ2) is 2.48. The number of benzene rings is 1. The van der Waals surface area contributed by atoms with Gasteiger partial charge in [-0.2, -0.15) is 0 Å². The second-order valence-corrected chi connectivity index (χ2v) is 3.20. The number of hydrogen-bond acceptors (Lipinski definition) is 3. The molecule has 1 aromatic carbocycles. The first-order valence-electron chi connectivity index (χ1n) is 4.37. The maximum Gasteiger partial charge on any atom is 0.145 e. The Morgan fingerprint density at radius 3 is 3.00 bits per heavy atom. The van der Waals surface area contributed by atoms with Gasteiger partial charge < -0.3 is 10.2 Å². The Balaban J connectivity index is 2.67. The van der Waals surface area contributed by atoms with E-state index in [1.165, 1.54) is 0 Å². The molecule has 0 saturated carbocycles. The summed E-state index contributed by atoms with van der Waals surface area (Å²) in [5.41, 5.74) is 8.27. The van der Waals surface area contributed by atoms with E-state index in [0.29, 0.717) is 5.69 Å². The van der Waals surface area contributed by atoms with Crippen LogP contribution in [0, 0.1) is 0 Å². The minimum Gasteiger partial charge on any atom is -0.464 e. The fourth-order valence-corrected chi connectivity index (χ4v) is 1.69. The van der Waals surface area contributed by atoms with Crippen LogP contribution in [-0.2, 0) is 0 Å². The molecule has 2 heterocycles. The zero-order chi connectivity index (χ0) is 9.54. The van der Waals surface area contributed by atoms with Crippen LogP contribution >= 0.6 is 0 Å². The van der Waals surface area contributed by atoms with Crippen molar-refractivity contribution in [3.8, 4) is 0 Å². The summed E-state index contributed by atoms with van der Waals surface area (Å²) < 4.78 is 5.39. The molecule has 14 heavy (non-hydrogen) atoms. The number of pyridine rings is 1. The molecule has 0 radical (unpaired) electrons. The molecule has 0 aliphatic heterocycles. The molecule has 3 aromatic rings. The molecule has 0 fully saturated rings. The predicted molar refractivity (Wildman–Crippen MR) is 55.9 cm³/mol. The summed E-state index contributed by atoms with van der Waals surface area (Å²) in [6.07, 6.45) is 3.36. The van der Waals surface area contributed by atoms with E-state index in [4.69, 9.17) is 10.2 Å². The molecule has 2 N–H and O–H groups in total. The molecule has 0 atom stereocenters. The highest BCUT2D eigenvalue weighted by Crippen LogP contribution is 2.28. The summed E-state index contributed by atoms with van der Waals surface area (Å²) in [6, 6.07) is 7.63. The first-order valence-corrected chi connectivity index (χ1v) is 4.37. The van der Waals surface area contributed by atoms with E-state index in [0.717, 1.165) is 21.9 Å². The third-order valence-electron chi connectivity index (χ3n) is 2.36. The zero-order valence-corrected chi connectivity index (χ0v) is 7.40. The number of nitrogen functional groups attached to an aromatic ring is 1. The van der Waals surface area contributed by atoms with Crippen LogP contribution in [-0.4, -0.2) is 4.98 Å². The topological polar surface area (TPSA) is 52.0 Å². The Kier molecular flexibility index (Phi) is 1.31. The van der Waals surface area contributed by atoms with Crippen molar-refractivity contribution in [1.29, 1.82) is 0 Å². The highest BCUT2D eigenvalue weighted by Gasteiger charge is 2.06. The second-order valence-electron chi connectivity index (χ2n) is 3.20. The highest BCUT2D eigenvalue weighted by atomic mass is 16.3. The maximum atomic E-state index is 5.88. The molecule has 3 nitrogen and oxygen atoms in total. The molecule has 0 aliphatic carbocycles.